The summed E-state index contributed by atoms with van der Waals surface area (Å²) in [6.45, 7) is 0. The lowest BCUT2D eigenvalue weighted by Gasteiger charge is -2.05. The molecule has 4 aromatic rings. The van der Waals surface area contributed by atoms with Crippen molar-refractivity contribution in [3.63, 3.8) is 0 Å². The third-order valence-electron chi connectivity index (χ3n) is 5.64. The van der Waals surface area contributed by atoms with Crippen LogP contribution in [-0.4, -0.2) is 20.7 Å². The van der Waals surface area contributed by atoms with Crippen LogP contribution in [0.4, 0.5) is 0 Å². The largest absolute Gasteiger partial charge is 0.355 e. The maximum absolute atomic E-state index is 12.5. The standard InChI is InChI=1S/C26H20N4O/c31-25-15-21-13-18-7-6-17(27-18)12-19-8-10-22(28-19)26(16-4-2-1-3-5-16)23-11-9-20(29-23)14-24(25)30-21/h1-14,27-30H,15H2. The van der Waals surface area contributed by atoms with Gasteiger partial charge in [-0.3, -0.25) is 4.79 Å². The maximum atomic E-state index is 12.5. The van der Waals surface area contributed by atoms with Crippen molar-refractivity contribution in [2.45, 2.75) is 6.42 Å². The molecule has 5 heteroatoms. The maximum Gasteiger partial charge on any atom is 0.184 e. The molecular weight excluding hydrogens is 384 g/mol. The van der Waals surface area contributed by atoms with Crippen molar-refractivity contribution in [1.29, 1.82) is 0 Å². The summed E-state index contributed by atoms with van der Waals surface area (Å²) < 4.78 is 0. The number of ketones is 1. The second-order valence-electron chi connectivity index (χ2n) is 7.86. The molecule has 0 amide bonds. The molecule has 0 atom stereocenters. The van der Waals surface area contributed by atoms with E-state index in [0.717, 1.165) is 50.3 Å². The molecule has 0 unspecified atom stereocenters. The first-order valence-corrected chi connectivity index (χ1v) is 10.3. The van der Waals surface area contributed by atoms with Gasteiger partial charge in [0.1, 0.15) is 0 Å². The van der Waals surface area contributed by atoms with E-state index in [4.69, 9.17) is 0 Å². The molecular formula is C26H20N4O. The molecule has 0 aliphatic carbocycles. The van der Waals surface area contributed by atoms with Gasteiger partial charge in [0.25, 0.3) is 0 Å². The predicted octanol–water partition coefficient (Wildman–Crippen LogP) is 3.00. The molecule has 8 bridgehead atoms. The van der Waals surface area contributed by atoms with Crippen molar-refractivity contribution in [2.75, 3.05) is 0 Å². The Morgan fingerprint density at radius 3 is 2.32 bits per heavy atom. The molecule has 150 valence electrons. The minimum atomic E-state index is 0.0888. The Hall–Kier alpha value is -4.25. The van der Waals surface area contributed by atoms with Gasteiger partial charge in [-0.2, -0.15) is 0 Å². The highest BCUT2D eigenvalue weighted by molar-refractivity contribution is 6.04. The van der Waals surface area contributed by atoms with E-state index in [9.17, 15) is 4.79 Å². The third kappa shape index (κ3) is 3.26. The van der Waals surface area contributed by atoms with E-state index in [0.29, 0.717) is 12.1 Å². The first-order chi connectivity index (χ1) is 15.2. The summed E-state index contributed by atoms with van der Waals surface area (Å²) in [5.41, 5.74) is 7.51. The van der Waals surface area contributed by atoms with Crippen LogP contribution in [0.15, 0.2) is 78.1 Å². The van der Waals surface area contributed by atoms with Gasteiger partial charge in [0.15, 0.2) is 5.78 Å². The number of benzene rings is 1. The molecule has 5 nitrogen and oxygen atoms in total. The summed E-state index contributed by atoms with van der Waals surface area (Å²) in [6.07, 6.45) is 6.33. The molecule has 6 rings (SSSR count). The Kier molecular flexibility index (Phi) is 3.93. The SMILES string of the molecule is O=C1CC2=Cc3ccc([nH]3)C=c3ccc([nH]3)=C(c3ccccc3)c3ccc([nH]3)C=C1N2. The molecule has 5 heterocycles. The van der Waals surface area contributed by atoms with Gasteiger partial charge in [-0.1, -0.05) is 30.3 Å². The number of fused-ring (bicyclic) bond motifs is 8. The number of allylic oxidation sites excluding steroid dienone is 2. The van der Waals surface area contributed by atoms with E-state index in [2.05, 4.69) is 56.7 Å². The second-order valence-corrected chi connectivity index (χ2v) is 7.86. The minimum absolute atomic E-state index is 0.0888. The number of H-pyrrole nitrogens is 3. The monoisotopic (exact) mass is 404 g/mol. The van der Waals surface area contributed by atoms with E-state index in [1.165, 1.54) is 0 Å². The summed E-state index contributed by atoms with van der Waals surface area (Å²) >= 11 is 0. The second kappa shape index (κ2) is 6.92. The highest BCUT2D eigenvalue weighted by Gasteiger charge is 2.21. The van der Waals surface area contributed by atoms with Gasteiger partial charge in [-0.25, -0.2) is 0 Å². The fourth-order valence-electron chi connectivity index (χ4n) is 4.21. The molecule has 2 aliphatic rings. The smallest absolute Gasteiger partial charge is 0.184 e. The predicted molar refractivity (Wildman–Crippen MR) is 122 cm³/mol. The quantitative estimate of drug-likeness (QED) is 0.394. The number of carbonyl (C=O) groups is 1. The molecule has 0 spiro atoms. The number of Topliss-reactive ketones (excluding diaryl/α,β-unsaturated/α-hetero) is 1. The number of rotatable bonds is 1. The number of aromatic amines is 3. The molecule has 1 aromatic carbocycles. The Morgan fingerprint density at radius 2 is 1.45 bits per heavy atom. The van der Waals surface area contributed by atoms with Crippen molar-refractivity contribution in [1.82, 2.24) is 20.3 Å². The lowest BCUT2D eigenvalue weighted by molar-refractivity contribution is -0.114. The van der Waals surface area contributed by atoms with Crippen LogP contribution in [0.5, 0.6) is 0 Å². The van der Waals surface area contributed by atoms with Crippen LogP contribution < -0.4 is 16.0 Å². The average Bonchev–Trinajstić information content (AvgIpc) is 3.55. The topological polar surface area (TPSA) is 76.5 Å². The number of hydrogen-bond donors (Lipinski definition) is 4. The van der Waals surface area contributed by atoms with Crippen LogP contribution in [0.1, 0.15) is 34.8 Å². The molecule has 31 heavy (non-hydrogen) atoms. The highest BCUT2D eigenvalue weighted by Crippen LogP contribution is 2.23. The molecule has 2 aliphatic heterocycles. The van der Waals surface area contributed by atoms with Crippen LogP contribution in [0.25, 0.3) is 23.8 Å². The Balaban J connectivity index is 1.63. The van der Waals surface area contributed by atoms with Crippen LogP contribution in [0.2, 0.25) is 0 Å². The average molecular weight is 404 g/mol. The van der Waals surface area contributed by atoms with E-state index < -0.39 is 0 Å². The number of aromatic nitrogens is 3. The fourth-order valence-corrected chi connectivity index (χ4v) is 4.21. The summed E-state index contributed by atoms with van der Waals surface area (Å²) in [5, 5.41) is 5.31. The zero-order chi connectivity index (χ0) is 20.8. The van der Waals surface area contributed by atoms with Gasteiger partial charge in [0.05, 0.1) is 12.1 Å². The van der Waals surface area contributed by atoms with Gasteiger partial charge in [-0.15, -0.1) is 0 Å². The third-order valence-corrected chi connectivity index (χ3v) is 5.64. The Bertz CT molecular complexity index is 1490. The number of hydrogen-bond acceptors (Lipinski definition) is 2. The normalized spacial score (nSPS) is 15.2. The first-order valence-electron chi connectivity index (χ1n) is 10.3. The van der Waals surface area contributed by atoms with Crippen molar-refractivity contribution >= 4 is 29.6 Å². The van der Waals surface area contributed by atoms with Gasteiger partial charge in [-0.05, 0) is 60.2 Å². The van der Waals surface area contributed by atoms with Gasteiger partial charge in [0, 0.05) is 44.7 Å². The van der Waals surface area contributed by atoms with Gasteiger partial charge < -0.3 is 20.3 Å². The zero-order valence-corrected chi connectivity index (χ0v) is 16.7. The summed E-state index contributed by atoms with van der Waals surface area (Å²) in [7, 11) is 0. The van der Waals surface area contributed by atoms with Crippen molar-refractivity contribution in [3.8, 4) is 0 Å². The lowest BCUT2D eigenvalue weighted by atomic mass is 10.0. The number of nitrogens with one attached hydrogen (secondary N) is 4. The fraction of sp³-hybridized carbons (Fsp3) is 0.0385. The van der Waals surface area contributed by atoms with Crippen LogP contribution >= 0.6 is 0 Å². The van der Waals surface area contributed by atoms with Gasteiger partial charge in [0.2, 0.25) is 0 Å². The van der Waals surface area contributed by atoms with E-state index in [1.54, 1.807) is 0 Å². The van der Waals surface area contributed by atoms with Crippen molar-refractivity contribution in [2.24, 2.45) is 0 Å². The molecule has 3 aromatic heterocycles. The van der Waals surface area contributed by atoms with Crippen LogP contribution in [0.3, 0.4) is 0 Å². The molecule has 1 fully saturated rings. The Labute approximate surface area is 178 Å². The summed E-state index contributed by atoms with van der Waals surface area (Å²) in [5.74, 6) is 0.0888. The van der Waals surface area contributed by atoms with E-state index >= 15 is 0 Å². The lowest BCUT2D eigenvalue weighted by Crippen LogP contribution is -2.14. The van der Waals surface area contributed by atoms with E-state index in [1.807, 2.05) is 48.6 Å². The first kappa shape index (κ1) is 17.6. The minimum Gasteiger partial charge on any atom is -0.355 e. The van der Waals surface area contributed by atoms with E-state index in [-0.39, 0.29) is 5.78 Å². The molecule has 1 saturated heterocycles. The van der Waals surface area contributed by atoms with Crippen LogP contribution in [-0.2, 0) is 4.79 Å². The highest BCUT2D eigenvalue weighted by atomic mass is 16.1. The summed E-state index contributed by atoms with van der Waals surface area (Å²) in [6, 6.07) is 22.6. The van der Waals surface area contributed by atoms with Gasteiger partial charge >= 0.3 is 0 Å². The van der Waals surface area contributed by atoms with Crippen LogP contribution in [0, 0.1) is 0 Å². The summed E-state index contributed by atoms with van der Waals surface area (Å²) in [4.78, 5) is 23.0. The number of carbonyl (C=O) groups excluding carboxylic acids is 1. The Morgan fingerprint density at radius 1 is 0.677 bits per heavy atom. The van der Waals surface area contributed by atoms with Crippen molar-refractivity contribution < 1.29 is 4.79 Å². The molecule has 0 radical (unpaired) electrons. The molecule has 0 saturated carbocycles. The van der Waals surface area contributed by atoms with Crippen molar-refractivity contribution in [3.05, 3.63) is 117 Å². The molecule has 4 N–H and O–H groups in total. The zero-order valence-electron chi connectivity index (χ0n) is 16.7.